The third-order valence-corrected chi connectivity index (χ3v) is 4.21. The normalized spacial score (nSPS) is 41.2. The lowest BCUT2D eigenvalue weighted by Crippen LogP contribution is -2.32. The number of hydrogen-bond acceptors (Lipinski definition) is 2. The number of allylic oxidation sites excluding steroid dienone is 1. The summed E-state index contributed by atoms with van der Waals surface area (Å²) < 4.78 is 5.90. The largest absolute Gasteiger partial charge is 0.393 e. The van der Waals surface area contributed by atoms with E-state index >= 15 is 0 Å². The molecule has 0 radical (unpaired) electrons. The van der Waals surface area contributed by atoms with Gasteiger partial charge in [-0.25, -0.2) is 0 Å². The first-order chi connectivity index (χ1) is 7.93. The highest BCUT2D eigenvalue weighted by Gasteiger charge is 2.57. The lowest BCUT2D eigenvalue weighted by Gasteiger charge is -2.31. The van der Waals surface area contributed by atoms with Crippen LogP contribution in [-0.2, 0) is 4.74 Å². The molecule has 0 spiro atoms. The summed E-state index contributed by atoms with van der Waals surface area (Å²) in [5, 5.41) is 9.78. The number of aliphatic hydroxyl groups is 1. The Labute approximate surface area is 104 Å². The first kappa shape index (κ1) is 12.8. The molecule has 2 heteroatoms. The minimum absolute atomic E-state index is 0.0789. The summed E-state index contributed by atoms with van der Waals surface area (Å²) in [5.41, 5.74) is 2.52. The van der Waals surface area contributed by atoms with Crippen LogP contribution in [0.2, 0.25) is 0 Å². The summed E-state index contributed by atoms with van der Waals surface area (Å²) in [7, 11) is 0. The predicted octanol–water partition coefficient (Wildman–Crippen LogP) is 3.22. The summed E-state index contributed by atoms with van der Waals surface area (Å²) in [5.74, 6) is 0.335. The fourth-order valence-corrected chi connectivity index (χ4v) is 2.93. The fourth-order valence-electron chi connectivity index (χ4n) is 2.93. The summed E-state index contributed by atoms with van der Waals surface area (Å²) in [6.07, 6.45) is 5.99. The summed E-state index contributed by atoms with van der Waals surface area (Å²) in [4.78, 5) is 0. The highest BCUT2D eigenvalue weighted by atomic mass is 16.6. The maximum atomic E-state index is 9.78. The van der Waals surface area contributed by atoms with Crippen molar-refractivity contribution in [1.29, 1.82) is 0 Å². The average Bonchev–Trinajstić information content (AvgIpc) is 2.92. The van der Waals surface area contributed by atoms with Crippen LogP contribution in [0.25, 0.3) is 0 Å². The molecular weight excluding hydrogens is 212 g/mol. The van der Waals surface area contributed by atoms with Crippen LogP contribution in [0.4, 0.5) is 0 Å². The molecule has 2 rings (SSSR count). The topological polar surface area (TPSA) is 32.8 Å². The predicted molar refractivity (Wildman–Crippen MR) is 69.8 cm³/mol. The van der Waals surface area contributed by atoms with Gasteiger partial charge in [0.1, 0.15) is 0 Å². The fraction of sp³-hybridized carbons (Fsp3) is 0.733. The minimum Gasteiger partial charge on any atom is -0.393 e. The lowest BCUT2D eigenvalue weighted by atomic mass is 9.74. The maximum absolute atomic E-state index is 9.78. The number of rotatable bonds is 3. The zero-order valence-corrected chi connectivity index (χ0v) is 11.2. The zero-order chi connectivity index (χ0) is 12.6. The van der Waals surface area contributed by atoms with E-state index in [1.54, 1.807) is 0 Å². The quantitative estimate of drug-likeness (QED) is 0.603. The molecule has 17 heavy (non-hydrogen) atoms. The van der Waals surface area contributed by atoms with E-state index < -0.39 is 0 Å². The van der Waals surface area contributed by atoms with Crippen molar-refractivity contribution in [2.24, 2.45) is 5.92 Å². The van der Waals surface area contributed by atoms with Crippen LogP contribution < -0.4 is 0 Å². The Hall–Kier alpha value is -0.600. The maximum Gasteiger partial charge on any atom is 0.0989 e. The summed E-state index contributed by atoms with van der Waals surface area (Å²) in [6.45, 7) is 10.6. The van der Waals surface area contributed by atoms with E-state index in [2.05, 4.69) is 33.4 Å². The Balaban J connectivity index is 1.98. The van der Waals surface area contributed by atoms with E-state index in [1.807, 2.05) is 0 Å². The van der Waals surface area contributed by atoms with Gasteiger partial charge in [-0.1, -0.05) is 23.8 Å². The second-order valence-electron chi connectivity index (χ2n) is 5.95. The molecule has 2 aliphatic rings. The SMILES string of the molecule is C=C1CC[C@@H](O)CC1[C@]1(C)O[C@@H]1CC=C(C)C. The molecule has 1 aliphatic heterocycles. The van der Waals surface area contributed by atoms with Gasteiger partial charge in [-0.2, -0.15) is 0 Å². The molecule has 1 saturated carbocycles. The van der Waals surface area contributed by atoms with Gasteiger partial charge in [0.25, 0.3) is 0 Å². The van der Waals surface area contributed by atoms with E-state index in [0.717, 1.165) is 25.7 Å². The van der Waals surface area contributed by atoms with Crippen molar-refractivity contribution in [3.8, 4) is 0 Å². The monoisotopic (exact) mass is 236 g/mol. The Morgan fingerprint density at radius 1 is 1.59 bits per heavy atom. The molecule has 1 unspecified atom stereocenters. The van der Waals surface area contributed by atoms with Crippen molar-refractivity contribution < 1.29 is 9.84 Å². The number of aliphatic hydroxyl groups excluding tert-OH is 1. The van der Waals surface area contributed by atoms with Gasteiger partial charge in [0.15, 0.2) is 0 Å². The van der Waals surface area contributed by atoms with Crippen molar-refractivity contribution in [1.82, 2.24) is 0 Å². The highest BCUT2D eigenvalue weighted by Crippen LogP contribution is 2.51. The summed E-state index contributed by atoms with van der Waals surface area (Å²) >= 11 is 0. The zero-order valence-electron chi connectivity index (χ0n) is 11.2. The van der Waals surface area contributed by atoms with Gasteiger partial charge < -0.3 is 9.84 Å². The molecule has 2 nitrogen and oxygen atoms in total. The van der Waals surface area contributed by atoms with Crippen LogP contribution >= 0.6 is 0 Å². The Morgan fingerprint density at radius 2 is 2.29 bits per heavy atom. The molecule has 0 aromatic heterocycles. The van der Waals surface area contributed by atoms with E-state index in [9.17, 15) is 5.11 Å². The molecule has 0 bridgehead atoms. The van der Waals surface area contributed by atoms with Crippen LogP contribution in [0.15, 0.2) is 23.8 Å². The van der Waals surface area contributed by atoms with Gasteiger partial charge >= 0.3 is 0 Å². The third-order valence-electron chi connectivity index (χ3n) is 4.21. The van der Waals surface area contributed by atoms with Gasteiger partial charge in [0.2, 0.25) is 0 Å². The molecule has 0 aromatic carbocycles. The number of epoxide rings is 1. The molecule has 1 heterocycles. The smallest absolute Gasteiger partial charge is 0.0989 e. The van der Waals surface area contributed by atoms with E-state index in [1.165, 1.54) is 11.1 Å². The molecule has 1 N–H and O–H groups in total. The van der Waals surface area contributed by atoms with Gasteiger partial charge in [0.05, 0.1) is 17.8 Å². The van der Waals surface area contributed by atoms with Crippen LogP contribution in [0.3, 0.4) is 0 Å². The van der Waals surface area contributed by atoms with Crippen molar-refractivity contribution in [2.45, 2.75) is 64.3 Å². The summed E-state index contributed by atoms with van der Waals surface area (Å²) in [6, 6.07) is 0. The Kier molecular flexibility index (Phi) is 3.46. The van der Waals surface area contributed by atoms with Gasteiger partial charge in [-0.15, -0.1) is 0 Å². The van der Waals surface area contributed by atoms with E-state index in [0.29, 0.717) is 12.0 Å². The van der Waals surface area contributed by atoms with Crippen LogP contribution in [0, 0.1) is 5.92 Å². The standard InChI is InChI=1S/C15H24O2/c1-10(2)5-8-14-15(4,17-14)13-9-12(16)7-6-11(13)3/h5,12-14,16H,3,6-9H2,1-2,4H3/t12-,13?,14-,15+/m1/s1. The molecular formula is C15H24O2. The van der Waals surface area contributed by atoms with Crippen LogP contribution in [0.1, 0.15) is 46.5 Å². The highest BCUT2D eigenvalue weighted by molar-refractivity contribution is 5.20. The second-order valence-corrected chi connectivity index (χ2v) is 5.95. The first-order valence-corrected chi connectivity index (χ1v) is 6.60. The van der Waals surface area contributed by atoms with Crippen molar-refractivity contribution in [3.63, 3.8) is 0 Å². The van der Waals surface area contributed by atoms with Crippen molar-refractivity contribution >= 4 is 0 Å². The molecule has 2 fully saturated rings. The number of hydrogen-bond donors (Lipinski definition) is 1. The van der Waals surface area contributed by atoms with Crippen LogP contribution in [0.5, 0.6) is 0 Å². The molecule has 4 atom stereocenters. The van der Waals surface area contributed by atoms with E-state index in [4.69, 9.17) is 4.74 Å². The van der Waals surface area contributed by atoms with Gasteiger partial charge in [-0.05, 0) is 46.5 Å². The first-order valence-electron chi connectivity index (χ1n) is 6.60. The molecule has 0 amide bonds. The van der Waals surface area contributed by atoms with Gasteiger partial charge in [-0.3, -0.25) is 0 Å². The van der Waals surface area contributed by atoms with Crippen LogP contribution in [-0.4, -0.2) is 22.9 Å². The molecule has 0 aromatic rings. The minimum atomic E-state index is -0.171. The molecule has 1 aliphatic carbocycles. The lowest BCUT2D eigenvalue weighted by molar-refractivity contribution is 0.0966. The second kappa shape index (κ2) is 4.58. The average molecular weight is 236 g/mol. The van der Waals surface area contributed by atoms with Crippen molar-refractivity contribution in [2.75, 3.05) is 0 Å². The molecule has 1 saturated heterocycles. The third kappa shape index (κ3) is 2.63. The number of ether oxygens (including phenoxy) is 1. The Bertz CT molecular complexity index is 341. The van der Waals surface area contributed by atoms with Crippen molar-refractivity contribution in [3.05, 3.63) is 23.8 Å². The van der Waals surface area contributed by atoms with Gasteiger partial charge in [0, 0.05) is 5.92 Å². The molecule has 96 valence electrons. The van der Waals surface area contributed by atoms with E-state index in [-0.39, 0.29) is 11.7 Å². The Morgan fingerprint density at radius 3 is 2.94 bits per heavy atom.